The summed E-state index contributed by atoms with van der Waals surface area (Å²) in [5, 5.41) is 3.44. The van der Waals surface area contributed by atoms with Crippen molar-refractivity contribution < 1.29 is 9.21 Å². The van der Waals surface area contributed by atoms with Gasteiger partial charge in [0.2, 0.25) is 0 Å². The molecule has 0 bridgehead atoms. The van der Waals surface area contributed by atoms with Gasteiger partial charge in [0, 0.05) is 18.1 Å². The summed E-state index contributed by atoms with van der Waals surface area (Å²) >= 11 is 0. The standard InChI is InChI=1S/C18H15N3O2/c22-18-15-5-1-2-6-16(15)20-17(13-7-9-19-10-8-13)21(18)12-14-4-3-11-23-14/h1-11,17,20H,12H2/t17-/m1/s1. The van der Waals surface area contributed by atoms with Crippen molar-refractivity contribution in [2.45, 2.75) is 12.7 Å². The van der Waals surface area contributed by atoms with Crippen LogP contribution < -0.4 is 5.32 Å². The van der Waals surface area contributed by atoms with Crippen molar-refractivity contribution in [3.05, 3.63) is 84.1 Å². The molecule has 0 saturated carbocycles. The summed E-state index contributed by atoms with van der Waals surface area (Å²) in [5.74, 6) is 0.733. The Labute approximate surface area is 133 Å². The van der Waals surface area contributed by atoms with E-state index in [1.807, 2.05) is 48.5 Å². The molecule has 3 aromatic rings. The van der Waals surface area contributed by atoms with Crippen LogP contribution >= 0.6 is 0 Å². The van der Waals surface area contributed by atoms with Crippen molar-refractivity contribution in [3.8, 4) is 0 Å². The molecule has 5 heteroatoms. The molecular formula is C18H15N3O2. The largest absolute Gasteiger partial charge is 0.467 e. The Balaban J connectivity index is 1.76. The van der Waals surface area contributed by atoms with Gasteiger partial charge >= 0.3 is 0 Å². The fourth-order valence-electron chi connectivity index (χ4n) is 2.84. The lowest BCUT2D eigenvalue weighted by atomic mass is 10.0. The van der Waals surface area contributed by atoms with Crippen LogP contribution in [0.4, 0.5) is 5.69 Å². The number of carbonyl (C=O) groups excluding carboxylic acids is 1. The van der Waals surface area contributed by atoms with E-state index in [4.69, 9.17) is 4.42 Å². The highest BCUT2D eigenvalue weighted by molar-refractivity contribution is 6.01. The van der Waals surface area contributed by atoms with Crippen LogP contribution in [0, 0.1) is 0 Å². The highest BCUT2D eigenvalue weighted by Gasteiger charge is 2.33. The van der Waals surface area contributed by atoms with Gasteiger partial charge in [-0.2, -0.15) is 0 Å². The van der Waals surface area contributed by atoms with Crippen LogP contribution in [-0.4, -0.2) is 15.8 Å². The van der Waals surface area contributed by atoms with E-state index < -0.39 is 0 Å². The minimum atomic E-state index is -0.259. The molecule has 0 spiro atoms. The average Bonchev–Trinajstić information content (AvgIpc) is 3.11. The van der Waals surface area contributed by atoms with Crippen LogP contribution in [0.15, 0.2) is 71.6 Å². The quantitative estimate of drug-likeness (QED) is 0.805. The third kappa shape index (κ3) is 2.46. The number of amides is 1. The number of fused-ring (bicyclic) bond motifs is 1. The van der Waals surface area contributed by atoms with Crippen LogP contribution in [0.3, 0.4) is 0 Å². The zero-order valence-electron chi connectivity index (χ0n) is 12.3. The third-order valence-electron chi connectivity index (χ3n) is 3.95. The highest BCUT2D eigenvalue weighted by Crippen LogP contribution is 2.33. The number of hydrogen-bond donors (Lipinski definition) is 1. The predicted molar refractivity (Wildman–Crippen MR) is 85.6 cm³/mol. The zero-order chi connectivity index (χ0) is 15.6. The van der Waals surface area contributed by atoms with Gasteiger partial charge < -0.3 is 14.6 Å². The van der Waals surface area contributed by atoms with Gasteiger partial charge in [-0.15, -0.1) is 0 Å². The topological polar surface area (TPSA) is 58.4 Å². The van der Waals surface area contributed by atoms with Gasteiger partial charge in [0.1, 0.15) is 11.9 Å². The van der Waals surface area contributed by atoms with E-state index in [1.54, 1.807) is 23.6 Å². The van der Waals surface area contributed by atoms with Gasteiger partial charge in [-0.25, -0.2) is 0 Å². The lowest BCUT2D eigenvalue weighted by Gasteiger charge is -2.37. The van der Waals surface area contributed by atoms with Gasteiger partial charge in [-0.05, 0) is 42.0 Å². The molecule has 0 aliphatic carbocycles. The Bertz CT molecular complexity index is 815. The molecule has 1 atom stereocenters. The molecule has 0 unspecified atom stereocenters. The first-order valence-electron chi connectivity index (χ1n) is 7.42. The second-order valence-corrected chi connectivity index (χ2v) is 5.39. The van der Waals surface area contributed by atoms with Crippen molar-refractivity contribution in [2.75, 3.05) is 5.32 Å². The normalized spacial score (nSPS) is 16.8. The molecule has 1 aliphatic rings. The monoisotopic (exact) mass is 305 g/mol. The number of benzene rings is 1. The van der Waals surface area contributed by atoms with E-state index in [1.165, 1.54) is 0 Å². The van der Waals surface area contributed by atoms with E-state index >= 15 is 0 Å². The molecule has 0 radical (unpaired) electrons. The van der Waals surface area contributed by atoms with Crippen LogP contribution in [0.5, 0.6) is 0 Å². The molecule has 1 amide bonds. The third-order valence-corrected chi connectivity index (χ3v) is 3.95. The van der Waals surface area contributed by atoms with Crippen molar-refractivity contribution in [3.63, 3.8) is 0 Å². The van der Waals surface area contributed by atoms with Gasteiger partial charge in [-0.1, -0.05) is 12.1 Å². The summed E-state index contributed by atoms with van der Waals surface area (Å²) in [4.78, 5) is 18.8. The first-order chi connectivity index (χ1) is 11.3. The maximum absolute atomic E-state index is 13.0. The van der Waals surface area contributed by atoms with E-state index in [0.29, 0.717) is 12.1 Å². The molecule has 1 N–H and O–H groups in total. The van der Waals surface area contributed by atoms with Crippen molar-refractivity contribution in [1.82, 2.24) is 9.88 Å². The molecule has 1 aromatic carbocycles. The summed E-state index contributed by atoms with van der Waals surface area (Å²) in [7, 11) is 0. The van der Waals surface area contributed by atoms with Gasteiger partial charge in [-0.3, -0.25) is 9.78 Å². The summed E-state index contributed by atoms with van der Waals surface area (Å²) in [6.45, 7) is 0.403. The number of nitrogens with one attached hydrogen (secondary N) is 1. The Morgan fingerprint density at radius 3 is 2.70 bits per heavy atom. The fourth-order valence-corrected chi connectivity index (χ4v) is 2.84. The molecular weight excluding hydrogens is 290 g/mol. The smallest absolute Gasteiger partial charge is 0.258 e. The SMILES string of the molecule is O=C1c2ccccc2N[C@@H](c2ccncc2)N1Cc1ccco1. The molecule has 114 valence electrons. The summed E-state index contributed by atoms with van der Waals surface area (Å²) in [6, 6.07) is 15.1. The second-order valence-electron chi connectivity index (χ2n) is 5.39. The van der Waals surface area contributed by atoms with Gasteiger partial charge in [0.15, 0.2) is 0 Å². The number of nitrogens with zero attached hydrogens (tertiary/aromatic N) is 2. The van der Waals surface area contributed by atoms with Gasteiger partial charge in [0.25, 0.3) is 5.91 Å². The van der Waals surface area contributed by atoms with Crippen LogP contribution in [-0.2, 0) is 6.54 Å². The van der Waals surface area contributed by atoms with Crippen LogP contribution in [0.2, 0.25) is 0 Å². The Hall–Kier alpha value is -3.08. The maximum atomic E-state index is 13.0. The minimum absolute atomic E-state index is 0.0161. The number of aromatic nitrogens is 1. The molecule has 2 aromatic heterocycles. The summed E-state index contributed by atoms with van der Waals surface area (Å²) < 4.78 is 5.42. The molecule has 0 fully saturated rings. The first-order valence-corrected chi connectivity index (χ1v) is 7.42. The first kappa shape index (κ1) is 13.6. The van der Waals surface area contributed by atoms with Crippen molar-refractivity contribution in [2.24, 2.45) is 0 Å². The number of anilines is 1. The predicted octanol–water partition coefficient (Wildman–Crippen LogP) is 3.44. The van der Waals surface area contributed by atoms with Crippen molar-refractivity contribution >= 4 is 11.6 Å². The minimum Gasteiger partial charge on any atom is -0.467 e. The molecule has 1 aliphatic heterocycles. The molecule has 23 heavy (non-hydrogen) atoms. The molecule has 3 heterocycles. The maximum Gasteiger partial charge on any atom is 0.258 e. The number of para-hydroxylation sites is 1. The van der Waals surface area contributed by atoms with Crippen LogP contribution in [0.1, 0.15) is 27.8 Å². The Morgan fingerprint density at radius 2 is 1.91 bits per heavy atom. The molecule has 0 saturated heterocycles. The van der Waals surface area contributed by atoms with Crippen molar-refractivity contribution in [1.29, 1.82) is 0 Å². The van der Waals surface area contributed by atoms with E-state index in [2.05, 4.69) is 10.3 Å². The van der Waals surface area contributed by atoms with Gasteiger partial charge in [0.05, 0.1) is 18.4 Å². The number of furan rings is 1. The van der Waals surface area contributed by atoms with E-state index in [9.17, 15) is 4.79 Å². The Morgan fingerprint density at radius 1 is 1.09 bits per heavy atom. The summed E-state index contributed by atoms with van der Waals surface area (Å²) in [6.07, 6.45) is 4.82. The average molecular weight is 305 g/mol. The van der Waals surface area contributed by atoms with Crippen LogP contribution in [0.25, 0.3) is 0 Å². The summed E-state index contributed by atoms with van der Waals surface area (Å²) in [5.41, 5.74) is 2.49. The zero-order valence-corrected chi connectivity index (χ0v) is 12.3. The lowest BCUT2D eigenvalue weighted by Crippen LogP contribution is -2.42. The second kappa shape index (κ2) is 5.61. The van der Waals surface area contributed by atoms with E-state index in [0.717, 1.165) is 17.0 Å². The number of pyridine rings is 1. The molecule has 4 rings (SSSR count). The molecule has 5 nitrogen and oxygen atoms in total. The Kier molecular flexibility index (Phi) is 3.31. The number of hydrogen-bond acceptors (Lipinski definition) is 4. The lowest BCUT2D eigenvalue weighted by molar-refractivity contribution is 0.0651. The number of carbonyl (C=O) groups is 1. The highest BCUT2D eigenvalue weighted by atomic mass is 16.3. The number of rotatable bonds is 3. The fraction of sp³-hybridized carbons (Fsp3) is 0.111. The van der Waals surface area contributed by atoms with E-state index in [-0.39, 0.29) is 12.1 Å².